The van der Waals surface area contributed by atoms with Crippen molar-refractivity contribution < 1.29 is 0 Å². The molecule has 0 radical (unpaired) electrons. The van der Waals surface area contributed by atoms with E-state index in [1.807, 2.05) is 12.1 Å². The molecule has 0 aromatic carbocycles. The van der Waals surface area contributed by atoms with E-state index in [4.69, 9.17) is 0 Å². The van der Waals surface area contributed by atoms with Gasteiger partial charge in [-0.05, 0) is 25.5 Å². The van der Waals surface area contributed by atoms with E-state index in [0.29, 0.717) is 0 Å². The highest BCUT2D eigenvalue weighted by molar-refractivity contribution is 5.68. The molecule has 0 amide bonds. The molecule has 0 unspecified atom stereocenters. The van der Waals surface area contributed by atoms with Gasteiger partial charge >= 0.3 is 0 Å². The lowest BCUT2D eigenvalue weighted by Gasteiger charge is -2.15. The molecule has 1 aliphatic heterocycles. The first-order valence-corrected chi connectivity index (χ1v) is 5.58. The van der Waals surface area contributed by atoms with Crippen LogP contribution in [0.5, 0.6) is 0 Å². The summed E-state index contributed by atoms with van der Waals surface area (Å²) in [4.78, 5) is 4.03. The molecule has 0 saturated heterocycles. The van der Waals surface area contributed by atoms with Crippen LogP contribution in [0.1, 0.15) is 12.0 Å². The van der Waals surface area contributed by atoms with Crippen LogP contribution >= 0.6 is 0 Å². The van der Waals surface area contributed by atoms with Crippen molar-refractivity contribution in [2.75, 3.05) is 11.9 Å². The maximum Gasteiger partial charge on any atom is 0.127 e. The van der Waals surface area contributed by atoms with E-state index in [9.17, 15) is 0 Å². The lowest BCUT2D eigenvalue weighted by Crippen LogP contribution is -2.17. The fraction of sp³-hybridized carbons (Fsp3) is 0.333. The van der Waals surface area contributed by atoms with Crippen LogP contribution < -0.4 is 5.32 Å². The Morgan fingerprint density at radius 3 is 2.88 bits per heavy atom. The quantitative estimate of drug-likeness (QED) is 0.790. The molecule has 0 saturated carbocycles. The van der Waals surface area contributed by atoms with Crippen molar-refractivity contribution in [3.05, 3.63) is 30.1 Å². The first-order chi connectivity index (χ1) is 7.86. The minimum absolute atomic E-state index is 1.01. The predicted octanol–water partition coefficient (Wildman–Crippen LogP) is 2.07. The van der Waals surface area contributed by atoms with E-state index in [0.717, 1.165) is 36.6 Å². The highest BCUT2D eigenvalue weighted by atomic mass is 15.3. The van der Waals surface area contributed by atoms with Gasteiger partial charge in [0.25, 0.3) is 0 Å². The second-order valence-electron chi connectivity index (χ2n) is 4.06. The smallest absolute Gasteiger partial charge is 0.127 e. The van der Waals surface area contributed by atoms with Crippen molar-refractivity contribution in [1.29, 1.82) is 0 Å². The Labute approximate surface area is 94.3 Å². The molecule has 0 atom stereocenters. The zero-order valence-corrected chi connectivity index (χ0v) is 9.27. The molecule has 1 aliphatic rings. The number of nitrogens with one attached hydrogen (secondary N) is 1. The average molecular weight is 214 g/mol. The maximum absolute atomic E-state index is 4.65. The lowest BCUT2D eigenvalue weighted by atomic mass is 10.1. The van der Waals surface area contributed by atoms with Crippen LogP contribution in [0.2, 0.25) is 0 Å². The number of rotatable bonds is 1. The summed E-state index contributed by atoms with van der Waals surface area (Å²) in [5.74, 6) is 1.16. The fourth-order valence-corrected chi connectivity index (χ4v) is 2.16. The summed E-state index contributed by atoms with van der Waals surface area (Å²) in [5, 5.41) is 8.05. The Balaban J connectivity index is 2.12. The summed E-state index contributed by atoms with van der Waals surface area (Å²) in [6, 6.07) is 4.00. The van der Waals surface area contributed by atoms with Crippen LogP contribution in [-0.2, 0) is 6.54 Å². The summed E-state index contributed by atoms with van der Waals surface area (Å²) < 4.78 is 2.06. The van der Waals surface area contributed by atoms with Gasteiger partial charge < -0.3 is 5.32 Å². The van der Waals surface area contributed by atoms with Gasteiger partial charge in [-0.3, -0.25) is 4.98 Å². The molecule has 4 nitrogen and oxygen atoms in total. The first kappa shape index (κ1) is 9.39. The number of hydrogen-bond donors (Lipinski definition) is 1. The molecule has 3 heterocycles. The van der Waals surface area contributed by atoms with Gasteiger partial charge in [0.05, 0.1) is 5.69 Å². The molecule has 0 aliphatic carbocycles. The van der Waals surface area contributed by atoms with Crippen molar-refractivity contribution in [3.63, 3.8) is 0 Å². The van der Waals surface area contributed by atoms with Gasteiger partial charge in [0.15, 0.2) is 0 Å². The van der Waals surface area contributed by atoms with Gasteiger partial charge in [0.2, 0.25) is 0 Å². The number of fused-ring (bicyclic) bond motifs is 1. The van der Waals surface area contributed by atoms with Crippen LogP contribution in [0.3, 0.4) is 0 Å². The van der Waals surface area contributed by atoms with Gasteiger partial charge in [-0.1, -0.05) is 0 Å². The molecule has 2 aromatic heterocycles. The van der Waals surface area contributed by atoms with Crippen LogP contribution in [0.15, 0.2) is 24.5 Å². The lowest BCUT2D eigenvalue weighted by molar-refractivity contribution is 0.568. The Kier molecular flexibility index (Phi) is 2.13. The van der Waals surface area contributed by atoms with Gasteiger partial charge in [0, 0.05) is 36.6 Å². The molecule has 0 spiro atoms. The van der Waals surface area contributed by atoms with Crippen molar-refractivity contribution in [1.82, 2.24) is 14.8 Å². The zero-order chi connectivity index (χ0) is 11.0. The summed E-state index contributed by atoms with van der Waals surface area (Å²) in [7, 11) is 0. The maximum atomic E-state index is 4.65. The monoisotopic (exact) mass is 214 g/mol. The second kappa shape index (κ2) is 3.63. The molecule has 2 aromatic rings. The number of aryl methyl sites for hydroxylation is 1. The van der Waals surface area contributed by atoms with Crippen molar-refractivity contribution in [2.24, 2.45) is 0 Å². The van der Waals surface area contributed by atoms with E-state index >= 15 is 0 Å². The number of pyridine rings is 1. The average Bonchev–Trinajstić information content (AvgIpc) is 2.69. The zero-order valence-electron chi connectivity index (χ0n) is 9.27. The van der Waals surface area contributed by atoms with E-state index in [1.54, 1.807) is 12.4 Å². The van der Waals surface area contributed by atoms with E-state index < -0.39 is 0 Å². The SMILES string of the molecule is Cc1c(-c2ccncc2)nn2c1NCCC2. The Morgan fingerprint density at radius 1 is 1.31 bits per heavy atom. The van der Waals surface area contributed by atoms with Crippen LogP contribution in [0.4, 0.5) is 5.82 Å². The van der Waals surface area contributed by atoms with Crippen molar-refractivity contribution in [3.8, 4) is 11.3 Å². The largest absolute Gasteiger partial charge is 0.370 e. The van der Waals surface area contributed by atoms with Crippen molar-refractivity contribution >= 4 is 5.82 Å². The molecule has 82 valence electrons. The van der Waals surface area contributed by atoms with Gasteiger partial charge in [-0.2, -0.15) is 5.10 Å². The van der Waals surface area contributed by atoms with Gasteiger partial charge in [-0.15, -0.1) is 0 Å². The fourth-order valence-electron chi connectivity index (χ4n) is 2.16. The molecular formula is C12H14N4. The van der Waals surface area contributed by atoms with Gasteiger partial charge in [0.1, 0.15) is 5.82 Å². The van der Waals surface area contributed by atoms with Crippen LogP contribution in [0, 0.1) is 6.92 Å². The molecule has 16 heavy (non-hydrogen) atoms. The van der Waals surface area contributed by atoms with Crippen molar-refractivity contribution in [2.45, 2.75) is 19.9 Å². The molecule has 0 fully saturated rings. The number of aromatic nitrogens is 3. The number of anilines is 1. The highest BCUT2D eigenvalue weighted by Gasteiger charge is 2.17. The third kappa shape index (κ3) is 1.38. The highest BCUT2D eigenvalue weighted by Crippen LogP contribution is 2.29. The number of hydrogen-bond acceptors (Lipinski definition) is 3. The predicted molar refractivity (Wildman–Crippen MR) is 63.3 cm³/mol. The number of nitrogens with zero attached hydrogens (tertiary/aromatic N) is 3. The standard InChI is InChI=1S/C12H14N4/c1-9-11(10-3-6-13-7-4-10)15-16-8-2-5-14-12(9)16/h3-4,6-7,14H,2,5,8H2,1H3. The van der Waals surface area contributed by atoms with E-state index in [2.05, 4.69) is 27.0 Å². The summed E-state index contributed by atoms with van der Waals surface area (Å²) in [6.07, 6.45) is 4.75. The first-order valence-electron chi connectivity index (χ1n) is 5.58. The van der Waals surface area contributed by atoms with Crippen LogP contribution in [0.25, 0.3) is 11.3 Å². The summed E-state index contributed by atoms with van der Waals surface area (Å²) in [5.41, 5.74) is 3.42. The van der Waals surface area contributed by atoms with E-state index in [1.165, 1.54) is 5.56 Å². The minimum Gasteiger partial charge on any atom is -0.370 e. The molecule has 3 rings (SSSR count). The normalized spacial score (nSPS) is 14.3. The molecular weight excluding hydrogens is 200 g/mol. The van der Waals surface area contributed by atoms with Gasteiger partial charge in [-0.25, -0.2) is 4.68 Å². The Hall–Kier alpha value is -1.84. The third-order valence-corrected chi connectivity index (χ3v) is 2.98. The topological polar surface area (TPSA) is 42.7 Å². The Morgan fingerprint density at radius 2 is 2.12 bits per heavy atom. The summed E-state index contributed by atoms with van der Waals surface area (Å²) in [6.45, 7) is 4.17. The van der Waals surface area contributed by atoms with E-state index in [-0.39, 0.29) is 0 Å². The third-order valence-electron chi connectivity index (χ3n) is 2.98. The Bertz CT molecular complexity index is 501. The molecule has 0 bridgehead atoms. The summed E-state index contributed by atoms with van der Waals surface area (Å²) >= 11 is 0. The molecule has 4 heteroatoms. The minimum atomic E-state index is 1.01. The van der Waals surface area contributed by atoms with Crippen LogP contribution in [-0.4, -0.2) is 21.3 Å². The molecule has 1 N–H and O–H groups in total. The second-order valence-corrected chi connectivity index (χ2v) is 4.06.